The summed E-state index contributed by atoms with van der Waals surface area (Å²) in [7, 11) is 1.44. The van der Waals surface area contributed by atoms with Crippen LogP contribution in [0.1, 0.15) is 18.5 Å². The van der Waals surface area contributed by atoms with Crippen LogP contribution in [0, 0.1) is 0 Å². The Labute approximate surface area is 203 Å². The van der Waals surface area contributed by atoms with Crippen LogP contribution in [0.15, 0.2) is 81.1 Å². The molecule has 1 amide bonds. The minimum Gasteiger partial charge on any atom is -0.503 e. The van der Waals surface area contributed by atoms with E-state index in [0.29, 0.717) is 26.8 Å². The molecule has 0 aliphatic carbocycles. The fourth-order valence-electron chi connectivity index (χ4n) is 3.50. The van der Waals surface area contributed by atoms with Gasteiger partial charge in [-0.25, -0.2) is 10.4 Å². The van der Waals surface area contributed by atoms with E-state index in [1.807, 2.05) is 36.4 Å². The van der Waals surface area contributed by atoms with Crippen LogP contribution in [-0.4, -0.2) is 33.9 Å². The second-order valence-electron chi connectivity index (χ2n) is 7.46. The predicted octanol–water partition coefficient (Wildman–Crippen LogP) is 4.25. The van der Waals surface area contributed by atoms with Crippen LogP contribution < -0.4 is 15.7 Å². The van der Waals surface area contributed by atoms with E-state index in [1.165, 1.54) is 17.9 Å². The maximum atomic E-state index is 13.4. The number of hydrazone groups is 1. The van der Waals surface area contributed by atoms with Gasteiger partial charge in [-0.15, -0.1) is 0 Å². The summed E-state index contributed by atoms with van der Waals surface area (Å²) in [6, 6.07) is 18.6. The zero-order chi connectivity index (χ0) is 24.2. The van der Waals surface area contributed by atoms with E-state index in [0.717, 1.165) is 5.56 Å². The first kappa shape index (κ1) is 23.2. The number of halogens is 1. The van der Waals surface area contributed by atoms with Crippen molar-refractivity contribution in [2.45, 2.75) is 13.0 Å². The Balaban J connectivity index is 1.67. The van der Waals surface area contributed by atoms with Crippen LogP contribution in [0.4, 0.5) is 0 Å². The van der Waals surface area contributed by atoms with E-state index in [2.05, 4.69) is 31.4 Å². The lowest BCUT2D eigenvalue weighted by molar-refractivity contribution is -0.123. The Morgan fingerprint density at radius 1 is 1.18 bits per heavy atom. The molecule has 1 atom stereocenters. The fraction of sp³-hybridized carbons (Fsp3) is 0.120. The minimum atomic E-state index is -0.891. The van der Waals surface area contributed by atoms with Crippen molar-refractivity contribution in [1.82, 2.24) is 15.0 Å². The number of benzene rings is 3. The predicted molar refractivity (Wildman–Crippen MR) is 134 cm³/mol. The summed E-state index contributed by atoms with van der Waals surface area (Å²) in [4.78, 5) is 31.0. The Morgan fingerprint density at radius 2 is 1.88 bits per heavy atom. The van der Waals surface area contributed by atoms with Gasteiger partial charge in [0.05, 0.1) is 28.7 Å². The van der Waals surface area contributed by atoms with Crippen LogP contribution in [-0.2, 0) is 4.79 Å². The van der Waals surface area contributed by atoms with Gasteiger partial charge >= 0.3 is 0 Å². The standard InChI is InChI=1S/C25H21BrN4O4/c1-15(24(32)29-27-14-16-12-19(26)22(31)21(13-16)34-2)30-23(17-8-4-3-5-9-17)28-20-11-7-6-10-18(20)25(30)33/h3-15,31H,1-2H3,(H,29,32)/t15-/m0/s1. The molecule has 4 aromatic rings. The van der Waals surface area contributed by atoms with E-state index in [1.54, 1.807) is 37.3 Å². The molecule has 4 rings (SSSR count). The number of methoxy groups -OCH3 is 1. The van der Waals surface area contributed by atoms with E-state index in [9.17, 15) is 14.7 Å². The Morgan fingerprint density at radius 3 is 2.62 bits per heavy atom. The van der Waals surface area contributed by atoms with Crippen molar-refractivity contribution in [2.24, 2.45) is 5.10 Å². The lowest BCUT2D eigenvalue weighted by Gasteiger charge is -2.18. The average molecular weight is 521 g/mol. The zero-order valence-corrected chi connectivity index (χ0v) is 20.0. The summed E-state index contributed by atoms with van der Waals surface area (Å²) in [6.45, 7) is 1.62. The van der Waals surface area contributed by atoms with Gasteiger partial charge in [-0.05, 0) is 52.7 Å². The molecule has 0 radical (unpaired) electrons. The van der Waals surface area contributed by atoms with Gasteiger partial charge in [0.15, 0.2) is 11.5 Å². The van der Waals surface area contributed by atoms with Crippen LogP contribution in [0.25, 0.3) is 22.3 Å². The van der Waals surface area contributed by atoms with Crippen molar-refractivity contribution in [1.29, 1.82) is 0 Å². The molecule has 2 N–H and O–H groups in total. The number of aromatic hydroxyl groups is 1. The normalized spacial score (nSPS) is 12.1. The lowest BCUT2D eigenvalue weighted by Crippen LogP contribution is -2.35. The monoisotopic (exact) mass is 520 g/mol. The topological polar surface area (TPSA) is 106 Å². The molecule has 1 aromatic heterocycles. The van der Waals surface area contributed by atoms with Gasteiger partial charge in [0.2, 0.25) is 0 Å². The van der Waals surface area contributed by atoms with E-state index < -0.39 is 11.9 Å². The first-order valence-electron chi connectivity index (χ1n) is 10.4. The number of nitrogens with zero attached hydrogens (tertiary/aromatic N) is 3. The Kier molecular flexibility index (Phi) is 6.74. The first-order valence-corrected chi connectivity index (χ1v) is 11.2. The van der Waals surface area contributed by atoms with Gasteiger partial charge < -0.3 is 9.84 Å². The first-order chi connectivity index (χ1) is 16.4. The molecule has 0 aliphatic heterocycles. The van der Waals surface area contributed by atoms with E-state index in [-0.39, 0.29) is 17.1 Å². The Hall–Kier alpha value is -3.98. The maximum absolute atomic E-state index is 13.4. The lowest BCUT2D eigenvalue weighted by atomic mass is 10.1. The molecule has 0 fully saturated rings. The number of carbonyl (C=O) groups excluding carboxylic acids is 1. The number of rotatable bonds is 6. The second-order valence-corrected chi connectivity index (χ2v) is 8.31. The highest BCUT2D eigenvalue weighted by atomic mass is 79.9. The SMILES string of the molecule is COc1cc(C=NNC(=O)[C@H](C)n2c(-c3ccccc3)nc3ccccc3c2=O)cc(Br)c1O. The van der Waals surface area contributed by atoms with Crippen LogP contribution >= 0.6 is 15.9 Å². The summed E-state index contributed by atoms with van der Waals surface area (Å²) in [5, 5.41) is 14.4. The number of para-hydroxylation sites is 1. The molecule has 0 bridgehead atoms. The number of aromatic nitrogens is 2. The number of hydrogen-bond donors (Lipinski definition) is 2. The van der Waals surface area contributed by atoms with Crippen molar-refractivity contribution in [3.05, 3.63) is 87.1 Å². The van der Waals surface area contributed by atoms with Gasteiger partial charge in [0.1, 0.15) is 11.9 Å². The molecule has 0 saturated carbocycles. The molecule has 9 heteroatoms. The smallest absolute Gasteiger partial charge is 0.263 e. The molecule has 3 aromatic carbocycles. The molecule has 0 aliphatic rings. The fourth-order valence-corrected chi connectivity index (χ4v) is 3.96. The molecular formula is C25H21BrN4O4. The highest BCUT2D eigenvalue weighted by Gasteiger charge is 2.22. The highest BCUT2D eigenvalue weighted by molar-refractivity contribution is 9.10. The third kappa shape index (κ3) is 4.55. The molecule has 1 heterocycles. The van der Waals surface area contributed by atoms with Crippen LogP contribution in [0.5, 0.6) is 11.5 Å². The molecule has 172 valence electrons. The van der Waals surface area contributed by atoms with Crippen molar-refractivity contribution in [3.8, 4) is 22.9 Å². The van der Waals surface area contributed by atoms with Crippen molar-refractivity contribution in [2.75, 3.05) is 7.11 Å². The third-order valence-electron chi connectivity index (χ3n) is 5.27. The molecular weight excluding hydrogens is 500 g/mol. The quantitative estimate of drug-likeness (QED) is 0.292. The maximum Gasteiger partial charge on any atom is 0.263 e. The number of ether oxygens (including phenoxy) is 1. The van der Waals surface area contributed by atoms with Gasteiger partial charge in [-0.3, -0.25) is 14.2 Å². The number of fused-ring (bicyclic) bond motifs is 1. The minimum absolute atomic E-state index is 0.0334. The largest absolute Gasteiger partial charge is 0.503 e. The summed E-state index contributed by atoms with van der Waals surface area (Å²) in [5.41, 5.74) is 4.02. The summed E-state index contributed by atoms with van der Waals surface area (Å²) >= 11 is 3.25. The highest BCUT2D eigenvalue weighted by Crippen LogP contribution is 2.34. The third-order valence-corrected chi connectivity index (χ3v) is 5.87. The van der Waals surface area contributed by atoms with E-state index >= 15 is 0 Å². The van der Waals surface area contributed by atoms with Gasteiger partial charge in [0.25, 0.3) is 11.5 Å². The van der Waals surface area contributed by atoms with Gasteiger partial charge in [-0.1, -0.05) is 42.5 Å². The average Bonchev–Trinajstić information content (AvgIpc) is 2.86. The van der Waals surface area contributed by atoms with E-state index in [4.69, 9.17) is 4.74 Å². The zero-order valence-electron chi connectivity index (χ0n) is 18.4. The Bertz CT molecular complexity index is 1450. The number of phenols is 1. The number of hydrogen-bond acceptors (Lipinski definition) is 6. The molecule has 8 nitrogen and oxygen atoms in total. The summed E-state index contributed by atoms with van der Waals surface area (Å²) < 4.78 is 6.92. The molecule has 34 heavy (non-hydrogen) atoms. The number of amides is 1. The van der Waals surface area contributed by atoms with Crippen molar-refractivity contribution < 1.29 is 14.6 Å². The molecule has 0 unspecified atom stereocenters. The second kappa shape index (κ2) is 9.88. The van der Waals surface area contributed by atoms with Crippen LogP contribution in [0.3, 0.4) is 0 Å². The molecule has 0 spiro atoms. The van der Waals surface area contributed by atoms with Gasteiger partial charge in [0, 0.05) is 5.56 Å². The van der Waals surface area contributed by atoms with Crippen molar-refractivity contribution >= 4 is 39.0 Å². The summed E-state index contributed by atoms with van der Waals surface area (Å²) in [5.74, 6) is 0.131. The number of phenolic OH excluding ortho intramolecular Hbond substituents is 1. The van der Waals surface area contributed by atoms with Gasteiger partial charge in [-0.2, -0.15) is 5.10 Å². The van der Waals surface area contributed by atoms with Crippen LogP contribution in [0.2, 0.25) is 0 Å². The number of nitrogens with one attached hydrogen (secondary N) is 1. The van der Waals surface area contributed by atoms with Crippen molar-refractivity contribution in [3.63, 3.8) is 0 Å². The summed E-state index contributed by atoms with van der Waals surface area (Å²) in [6.07, 6.45) is 1.41. The molecule has 0 saturated heterocycles. The number of carbonyl (C=O) groups is 1.